The molecule has 0 radical (unpaired) electrons. The lowest BCUT2D eigenvalue weighted by atomic mass is 9.83. The molecule has 0 bridgehead atoms. The molecule has 0 aliphatic heterocycles. The van der Waals surface area contributed by atoms with Crippen LogP contribution in [0, 0.1) is 11.8 Å². The highest BCUT2D eigenvalue weighted by molar-refractivity contribution is 5.65. The van der Waals surface area contributed by atoms with E-state index >= 15 is 0 Å². The molecule has 1 aromatic rings. The molecule has 18 heavy (non-hydrogen) atoms. The maximum atomic E-state index is 10.9. The number of rotatable bonds is 4. The van der Waals surface area contributed by atoms with Gasteiger partial charge in [-0.25, -0.2) is 0 Å². The molecule has 0 unspecified atom stereocenters. The van der Waals surface area contributed by atoms with E-state index in [-0.39, 0.29) is 30.3 Å². The van der Waals surface area contributed by atoms with Crippen LogP contribution < -0.4 is 0 Å². The maximum absolute atomic E-state index is 10.9. The van der Waals surface area contributed by atoms with Crippen molar-refractivity contribution in [2.24, 2.45) is 11.8 Å². The van der Waals surface area contributed by atoms with Crippen LogP contribution in [0.1, 0.15) is 18.4 Å². The van der Waals surface area contributed by atoms with Crippen LogP contribution in [0.4, 0.5) is 0 Å². The Morgan fingerprint density at radius 2 is 1.89 bits per heavy atom. The van der Waals surface area contributed by atoms with E-state index in [4.69, 9.17) is 4.74 Å². The number of hydrogen-bond acceptors (Lipinski definition) is 3. The Labute approximate surface area is 107 Å². The summed E-state index contributed by atoms with van der Waals surface area (Å²) in [6.45, 7) is 1.91. The van der Waals surface area contributed by atoms with E-state index in [0.29, 0.717) is 6.61 Å². The van der Waals surface area contributed by atoms with Crippen molar-refractivity contribution in [2.45, 2.75) is 12.8 Å². The molecule has 1 aromatic carbocycles. The number of aliphatic hydroxyl groups is 1. The molecule has 0 aromatic heterocycles. The largest absolute Gasteiger partial charge is 0.465 e. The Kier molecular flexibility index (Phi) is 4.15. The van der Waals surface area contributed by atoms with Crippen LogP contribution in [0.5, 0.6) is 0 Å². The zero-order chi connectivity index (χ0) is 13.0. The molecule has 1 aliphatic carbocycles. The Morgan fingerprint density at radius 3 is 2.50 bits per heavy atom. The van der Waals surface area contributed by atoms with Crippen molar-refractivity contribution in [1.82, 2.24) is 0 Å². The maximum Gasteiger partial charge on any atom is 0.302 e. The van der Waals surface area contributed by atoms with Crippen molar-refractivity contribution in [1.29, 1.82) is 0 Å². The van der Waals surface area contributed by atoms with E-state index in [1.165, 1.54) is 12.5 Å². The van der Waals surface area contributed by atoms with Crippen molar-refractivity contribution >= 4 is 5.97 Å². The summed E-state index contributed by atoms with van der Waals surface area (Å²) in [6.07, 6.45) is 4.06. The third-order valence-electron chi connectivity index (χ3n) is 3.40. The van der Waals surface area contributed by atoms with E-state index in [1.54, 1.807) is 0 Å². The first-order valence-electron chi connectivity index (χ1n) is 6.20. The molecule has 0 amide bonds. The summed E-state index contributed by atoms with van der Waals surface area (Å²) in [5.74, 6) is 0.180. The van der Waals surface area contributed by atoms with Gasteiger partial charge in [0.15, 0.2) is 0 Å². The zero-order valence-corrected chi connectivity index (χ0v) is 10.5. The van der Waals surface area contributed by atoms with Crippen LogP contribution in [0.15, 0.2) is 42.5 Å². The van der Waals surface area contributed by atoms with Crippen LogP contribution in [0.2, 0.25) is 0 Å². The molecule has 0 spiro atoms. The van der Waals surface area contributed by atoms with E-state index in [0.717, 1.165) is 0 Å². The first-order chi connectivity index (χ1) is 8.72. The van der Waals surface area contributed by atoms with Gasteiger partial charge in [0, 0.05) is 31.3 Å². The van der Waals surface area contributed by atoms with Gasteiger partial charge >= 0.3 is 5.97 Å². The second-order valence-corrected chi connectivity index (χ2v) is 4.63. The smallest absolute Gasteiger partial charge is 0.302 e. The lowest BCUT2D eigenvalue weighted by molar-refractivity contribution is -0.142. The molecule has 2 rings (SSSR count). The average molecular weight is 246 g/mol. The van der Waals surface area contributed by atoms with Gasteiger partial charge in [0.2, 0.25) is 0 Å². The van der Waals surface area contributed by atoms with Crippen molar-refractivity contribution < 1.29 is 14.6 Å². The highest BCUT2D eigenvalue weighted by Gasteiger charge is 2.32. The van der Waals surface area contributed by atoms with Gasteiger partial charge in [-0.05, 0) is 5.56 Å². The molecule has 0 fully saturated rings. The van der Waals surface area contributed by atoms with E-state index < -0.39 is 0 Å². The zero-order valence-electron chi connectivity index (χ0n) is 10.5. The summed E-state index contributed by atoms with van der Waals surface area (Å²) in [5, 5.41) is 9.43. The number of carbonyl (C=O) groups is 1. The number of benzene rings is 1. The lowest BCUT2D eigenvalue weighted by Crippen LogP contribution is -2.21. The van der Waals surface area contributed by atoms with Gasteiger partial charge < -0.3 is 9.84 Å². The van der Waals surface area contributed by atoms with Crippen molar-refractivity contribution in [3.05, 3.63) is 48.0 Å². The first kappa shape index (κ1) is 12.8. The van der Waals surface area contributed by atoms with Crippen molar-refractivity contribution in [3.63, 3.8) is 0 Å². The van der Waals surface area contributed by atoms with Crippen LogP contribution in [0.3, 0.4) is 0 Å². The highest BCUT2D eigenvalue weighted by atomic mass is 16.5. The summed E-state index contributed by atoms with van der Waals surface area (Å²) in [4.78, 5) is 10.9. The van der Waals surface area contributed by atoms with Crippen molar-refractivity contribution in [3.8, 4) is 0 Å². The van der Waals surface area contributed by atoms with Gasteiger partial charge in [0.25, 0.3) is 0 Å². The fourth-order valence-electron chi connectivity index (χ4n) is 2.56. The topological polar surface area (TPSA) is 46.5 Å². The Balaban J connectivity index is 2.14. The molecule has 1 N–H and O–H groups in total. The molecule has 3 heteroatoms. The van der Waals surface area contributed by atoms with Gasteiger partial charge in [-0.1, -0.05) is 42.5 Å². The second-order valence-electron chi connectivity index (χ2n) is 4.63. The first-order valence-corrected chi connectivity index (χ1v) is 6.20. The number of aliphatic hydroxyl groups excluding tert-OH is 1. The number of ether oxygens (including phenoxy) is 1. The minimum atomic E-state index is -0.261. The highest BCUT2D eigenvalue weighted by Crippen LogP contribution is 2.39. The number of carbonyl (C=O) groups excluding carboxylic acids is 1. The van der Waals surface area contributed by atoms with E-state index in [1.807, 2.05) is 30.4 Å². The normalized spacial score (nSPS) is 26.2. The fourth-order valence-corrected chi connectivity index (χ4v) is 2.56. The van der Waals surface area contributed by atoms with Crippen LogP contribution in [-0.4, -0.2) is 24.3 Å². The third-order valence-corrected chi connectivity index (χ3v) is 3.40. The average Bonchev–Trinajstić information content (AvgIpc) is 2.80. The molecular weight excluding hydrogens is 228 g/mol. The minimum Gasteiger partial charge on any atom is -0.465 e. The summed E-state index contributed by atoms with van der Waals surface area (Å²) in [5.41, 5.74) is 1.18. The second kappa shape index (κ2) is 5.83. The molecule has 0 heterocycles. The summed E-state index contributed by atoms with van der Waals surface area (Å²) in [6, 6.07) is 10.1. The van der Waals surface area contributed by atoms with Gasteiger partial charge in [-0.3, -0.25) is 4.79 Å². The van der Waals surface area contributed by atoms with E-state index in [2.05, 4.69) is 12.1 Å². The Hall–Kier alpha value is -1.61. The molecular formula is C15H18O3. The van der Waals surface area contributed by atoms with Gasteiger partial charge in [-0.15, -0.1) is 0 Å². The van der Waals surface area contributed by atoms with Gasteiger partial charge in [0.05, 0.1) is 6.61 Å². The van der Waals surface area contributed by atoms with E-state index in [9.17, 15) is 9.90 Å². The van der Waals surface area contributed by atoms with Gasteiger partial charge in [0.1, 0.15) is 0 Å². The Bertz CT molecular complexity index is 425. The molecule has 3 atom stereocenters. The SMILES string of the molecule is CC(=O)OC[C@@H]1C=C[C@H](CO)[C@H]1c1ccccc1. The van der Waals surface area contributed by atoms with Crippen LogP contribution in [-0.2, 0) is 9.53 Å². The quantitative estimate of drug-likeness (QED) is 0.654. The predicted molar refractivity (Wildman–Crippen MR) is 69.0 cm³/mol. The third kappa shape index (κ3) is 2.79. The molecule has 0 saturated carbocycles. The fraction of sp³-hybridized carbons (Fsp3) is 0.400. The van der Waals surface area contributed by atoms with Gasteiger partial charge in [-0.2, -0.15) is 0 Å². The monoisotopic (exact) mass is 246 g/mol. The standard InChI is InChI=1S/C15H18O3/c1-11(17)18-10-14-8-7-13(9-16)15(14)12-5-3-2-4-6-12/h2-8,13-16H,9-10H2,1H3/t13-,14+,15-/m1/s1. The minimum absolute atomic E-state index is 0.105. The summed E-state index contributed by atoms with van der Waals surface area (Å²) >= 11 is 0. The summed E-state index contributed by atoms with van der Waals surface area (Å²) in [7, 11) is 0. The summed E-state index contributed by atoms with van der Waals surface area (Å²) < 4.78 is 5.10. The molecule has 1 aliphatic rings. The van der Waals surface area contributed by atoms with Crippen LogP contribution in [0.25, 0.3) is 0 Å². The van der Waals surface area contributed by atoms with Crippen molar-refractivity contribution in [2.75, 3.05) is 13.2 Å². The number of esters is 1. The van der Waals surface area contributed by atoms with Crippen LogP contribution >= 0.6 is 0 Å². The molecule has 96 valence electrons. The molecule has 0 saturated heterocycles. The predicted octanol–water partition coefficient (Wildman–Crippen LogP) is 2.13. The lowest BCUT2D eigenvalue weighted by Gasteiger charge is -2.24. The Morgan fingerprint density at radius 1 is 1.22 bits per heavy atom. The molecule has 3 nitrogen and oxygen atoms in total. The number of hydrogen-bond donors (Lipinski definition) is 1.